The molecule has 1 atom stereocenters. The zero-order valence-corrected chi connectivity index (χ0v) is 9.59. The zero-order chi connectivity index (χ0) is 13.3. The Labute approximate surface area is 102 Å². The van der Waals surface area contributed by atoms with Crippen LogP contribution in [0.5, 0.6) is 11.5 Å². The van der Waals surface area contributed by atoms with Crippen molar-refractivity contribution in [3.63, 3.8) is 0 Å². The zero-order valence-electron chi connectivity index (χ0n) is 9.59. The number of hydrogen-bond donors (Lipinski definition) is 3. The van der Waals surface area contributed by atoms with E-state index in [2.05, 4.69) is 5.32 Å². The van der Waals surface area contributed by atoms with Crippen LogP contribution in [0.2, 0.25) is 0 Å². The van der Waals surface area contributed by atoms with Crippen LogP contribution in [0.4, 0.5) is 13.2 Å². The smallest absolute Gasteiger partial charge is 0.416 e. The molecule has 0 radical (unpaired) electrons. The van der Waals surface area contributed by atoms with Crippen LogP contribution in [0.1, 0.15) is 24.0 Å². The molecule has 1 aromatic carbocycles. The lowest BCUT2D eigenvalue weighted by molar-refractivity contribution is -0.138. The van der Waals surface area contributed by atoms with Crippen molar-refractivity contribution < 1.29 is 23.4 Å². The van der Waals surface area contributed by atoms with Crippen LogP contribution < -0.4 is 5.32 Å². The van der Waals surface area contributed by atoms with Gasteiger partial charge in [-0.05, 0) is 37.9 Å². The van der Waals surface area contributed by atoms with Crippen molar-refractivity contribution in [2.45, 2.75) is 31.5 Å². The molecule has 3 N–H and O–H groups in total. The molecule has 100 valence electrons. The highest BCUT2D eigenvalue weighted by Gasteiger charge is 2.36. The summed E-state index contributed by atoms with van der Waals surface area (Å²) in [5, 5.41) is 22.0. The fraction of sp³-hybridized carbons (Fsp3) is 0.500. The monoisotopic (exact) mass is 261 g/mol. The van der Waals surface area contributed by atoms with Crippen LogP contribution in [-0.4, -0.2) is 22.8 Å². The minimum absolute atomic E-state index is 0.0646. The summed E-state index contributed by atoms with van der Waals surface area (Å²) in [7, 11) is 0. The first-order valence-corrected chi connectivity index (χ1v) is 5.74. The molecule has 6 heteroatoms. The van der Waals surface area contributed by atoms with Crippen molar-refractivity contribution in [1.82, 2.24) is 5.32 Å². The Morgan fingerprint density at radius 3 is 2.56 bits per heavy atom. The van der Waals surface area contributed by atoms with Gasteiger partial charge in [0.25, 0.3) is 0 Å². The van der Waals surface area contributed by atoms with E-state index in [0.717, 1.165) is 31.5 Å². The van der Waals surface area contributed by atoms with E-state index in [1.54, 1.807) is 0 Å². The molecule has 0 bridgehead atoms. The highest BCUT2D eigenvalue weighted by atomic mass is 19.4. The van der Waals surface area contributed by atoms with Crippen molar-refractivity contribution in [3.05, 3.63) is 23.3 Å². The standard InChI is InChI=1S/C12H14F3NO2/c13-12(14,15)9-3-4-10(17)11(18)8(9)6-7-2-1-5-16-7/h3-4,7,16-18H,1-2,5-6H2. The van der Waals surface area contributed by atoms with E-state index < -0.39 is 23.2 Å². The second-order valence-electron chi connectivity index (χ2n) is 4.45. The van der Waals surface area contributed by atoms with E-state index in [-0.39, 0.29) is 18.0 Å². The normalized spacial score (nSPS) is 20.3. The van der Waals surface area contributed by atoms with Crippen molar-refractivity contribution in [1.29, 1.82) is 0 Å². The fourth-order valence-corrected chi connectivity index (χ4v) is 2.27. The number of aromatic hydroxyl groups is 2. The molecule has 1 aromatic rings. The highest BCUT2D eigenvalue weighted by molar-refractivity contribution is 5.50. The first kappa shape index (κ1) is 13.0. The van der Waals surface area contributed by atoms with E-state index in [4.69, 9.17) is 0 Å². The number of hydrogen-bond acceptors (Lipinski definition) is 3. The maximum Gasteiger partial charge on any atom is 0.416 e. The quantitative estimate of drug-likeness (QED) is 0.717. The third kappa shape index (κ3) is 2.53. The minimum atomic E-state index is -4.53. The molecule has 0 saturated carbocycles. The van der Waals surface area contributed by atoms with E-state index in [9.17, 15) is 23.4 Å². The Morgan fingerprint density at radius 1 is 1.28 bits per heavy atom. The molecule has 0 spiro atoms. The molecule has 0 aromatic heterocycles. The first-order chi connectivity index (χ1) is 8.39. The van der Waals surface area contributed by atoms with E-state index >= 15 is 0 Å². The molecule has 0 amide bonds. The predicted octanol–water partition coefficient (Wildman–Crippen LogP) is 2.41. The summed E-state index contributed by atoms with van der Waals surface area (Å²) >= 11 is 0. The predicted molar refractivity (Wildman–Crippen MR) is 59.5 cm³/mol. The molecule has 3 nitrogen and oxygen atoms in total. The maximum atomic E-state index is 12.8. The van der Waals surface area contributed by atoms with Gasteiger partial charge in [0.15, 0.2) is 11.5 Å². The van der Waals surface area contributed by atoms with Gasteiger partial charge >= 0.3 is 6.18 Å². The molecule has 1 fully saturated rings. The summed E-state index contributed by atoms with van der Waals surface area (Å²) in [6, 6.07) is 1.59. The topological polar surface area (TPSA) is 52.5 Å². The van der Waals surface area contributed by atoms with Crippen LogP contribution in [0, 0.1) is 0 Å². The lowest BCUT2D eigenvalue weighted by atomic mass is 9.97. The number of phenolic OH excluding ortho intramolecular Hbond substituents is 2. The van der Waals surface area contributed by atoms with Gasteiger partial charge in [0, 0.05) is 11.6 Å². The molecule has 1 unspecified atom stereocenters. The van der Waals surface area contributed by atoms with Crippen molar-refractivity contribution in [2.24, 2.45) is 0 Å². The van der Waals surface area contributed by atoms with Crippen LogP contribution in [0.15, 0.2) is 12.1 Å². The Balaban J connectivity index is 2.38. The molecule has 1 aliphatic rings. The SMILES string of the molecule is Oc1ccc(C(F)(F)F)c(CC2CCCN2)c1O. The lowest BCUT2D eigenvalue weighted by Gasteiger charge is -2.18. The number of nitrogens with one attached hydrogen (secondary N) is 1. The van der Waals surface area contributed by atoms with E-state index in [0.29, 0.717) is 0 Å². The van der Waals surface area contributed by atoms with Gasteiger partial charge in [0.1, 0.15) is 0 Å². The van der Waals surface area contributed by atoms with Crippen LogP contribution in [-0.2, 0) is 12.6 Å². The molecule has 0 aliphatic carbocycles. The summed E-state index contributed by atoms with van der Waals surface area (Å²) in [4.78, 5) is 0. The third-order valence-corrected chi connectivity index (χ3v) is 3.18. The van der Waals surface area contributed by atoms with Gasteiger partial charge < -0.3 is 15.5 Å². The summed E-state index contributed by atoms with van der Waals surface area (Å²) in [6.45, 7) is 0.769. The van der Waals surface area contributed by atoms with E-state index in [1.807, 2.05) is 0 Å². The number of halogens is 3. The van der Waals surface area contributed by atoms with Crippen molar-refractivity contribution in [2.75, 3.05) is 6.54 Å². The largest absolute Gasteiger partial charge is 0.504 e. The first-order valence-electron chi connectivity index (χ1n) is 5.74. The van der Waals surface area contributed by atoms with Gasteiger partial charge in [-0.1, -0.05) is 0 Å². The molecule has 18 heavy (non-hydrogen) atoms. The summed E-state index contributed by atoms with van der Waals surface area (Å²) < 4.78 is 38.5. The molecule has 1 heterocycles. The summed E-state index contributed by atoms with van der Waals surface area (Å²) in [6.07, 6.45) is -2.79. The average molecular weight is 261 g/mol. The fourth-order valence-electron chi connectivity index (χ4n) is 2.27. The van der Waals surface area contributed by atoms with Gasteiger partial charge in [0.2, 0.25) is 0 Å². The third-order valence-electron chi connectivity index (χ3n) is 3.18. The number of benzene rings is 1. The van der Waals surface area contributed by atoms with Crippen molar-refractivity contribution >= 4 is 0 Å². The Hall–Kier alpha value is -1.43. The van der Waals surface area contributed by atoms with Crippen LogP contribution in [0.3, 0.4) is 0 Å². The second-order valence-corrected chi connectivity index (χ2v) is 4.45. The van der Waals surface area contributed by atoms with Crippen molar-refractivity contribution in [3.8, 4) is 11.5 Å². The average Bonchev–Trinajstić information content (AvgIpc) is 2.76. The Kier molecular flexibility index (Phi) is 3.38. The highest BCUT2D eigenvalue weighted by Crippen LogP contribution is 2.40. The van der Waals surface area contributed by atoms with Gasteiger partial charge in [0.05, 0.1) is 5.56 Å². The van der Waals surface area contributed by atoms with Crippen LogP contribution >= 0.6 is 0 Å². The van der Waals surface area contributed by atoms with Crippen LogP contribution in [0.25, 0.3) is 0 Å². The molecule has 2 rings (SSSR count). The van der Waals surface area contributed by atoms with Gasteiger partial charge in [-0.15, -0.1) is 0 Å². The molecule has 1 saturated heterocycles. The van der Waals surface area contributed by atoms with Gasteiger partial charge in [-0.3, -0.25) is 0 Å². The molecule has 1 aliphatic heterocycles. The van der Waals surface area contributed by atoms with Gasteiger partial charge in [-0.25, -0.2) is 0 Å². The minimum Gasteiger partial charge on any atom is -0.504 e. The number of phenols is 2. The summed E-state index contributed by atoms with van der Waals surface area (Å²) in [5.41, 5.74) is -1.12. The lowest BCUT2D eigenvalue weighted by Crippen LogP contribution is -2.25. The number of alkyl halides is 3. The van der Waals surface area contributed by atoms with Gasteiger partial charge in [-0.2, -0.15) is 13.2 Å². The number of rotatable bonds is 2. The maximum absolute atomic E-state index is 12.8. The molecular weight excluding hydrogens is 247 g/mol. The Morgan fingerprint density at radius 2 is 2.00 bits per heavy atom. The summed E-state index contributed by atoms with van der Waals surface area (Å²) in [5.74, 6) is -1.19. The second kappa shape index (κ2) is 4.68. The van der Waals surface area contributed by atoms with E-state index in [1.165, 1.54) is 0 Å². The Bertz CT molecular complexity index is 440. The molecular formula is C12H14F3NO2.